The van der Waals surface area contributed by atoms with Crippen molar-refractivity contribution >= 4 is 0 Å². The van der Waals surface area contributed by atoms with Crippen LogP contribution in [0.5, 0.6) is 5.75 Å². The van der Waals surface area contributed by atoms with Crippen molar-refractivity contribution in [3.8, 4) is 5.75 Å². The number of alkyl halides is 2. The zero-order chi connectivity index (χ0) is 21.9. The normalized spacial score (nSPS) is 18.6. The van der Waals surface area contributed by atoms with Crippen LogP contribution < -0.4 is 4.74 Å². The topological polar surface area (TPSA) is 88.4 Å². The minimum Gasteiger partial charge on any atom is -0.467 e. The average molecular weight is 424 g/mol. The van der Waals surface area contributed by atoms with Gasteiger partial charge in [0.25, 0.3) is 5.92 Å². The average Bonchev–Trinajstić information content (AvgIpc) is 2.72. The van der Waals surface area contributed by atoms with Crippen molar-refractivity contribution in [2.45, 2.75) is 50.8 Å². The Bertz CT molecular complexity index is 835. The fourth-order valence-electron chi connectivity index (χ4n) is 3.36. The molecule has 30 heavy (non-hydrogen) atoms. The Morgan fingerprint density at radius 1 is 1.17 bits per heavy atom. The van der Waals surface area contributed by atoms with E-state index in [1.54, 1.807) is 12.1 Å². The SMILES string of the molecule is CCc1ccc(C2OCOc3ccc(C(OC(CO)C(C)(F)F)C(O)O)cc32)cc1. The summed E-state index contributed by atoms with van der Waals surface area (Å²) >= 11 is 0. The van der Waals surface area contributed by atoms with Gasteiger partial charge in [0.1, 0.15) is 24.1 Å². The highest BCUT2D eigenvalue weighted by molar-refractivity contribution is 5.45. The van der Waals surface area contributed by atoms with Crippen molar-refractivity contribution in [3.63, 3.8) is 0 Å². The maximum absolute atomic E-state index is 13.7. The second kappa shape index (κ2) is 9.36. The van der Waals surface area contributed by atoms with Crippen LogP contribution in [0.25, 0.3) is 0 Å². The Kier molecular flexibility index (Phi) is 7.05. The number of rotatable bonds is 8. The van der Waals surface area contributed by atoms with Gasteiger partial charge in [-0.05, 0) is 35.2 Å². The number of ether oxygens (including phenoxy) is 3. The van der Waals surface area contributed by atoms with Crippen molar-refractivity contribution < 1.29 is 38.3 Å². The molecular weight excluding hydrogens is 398 g/mol. The molecule has 0 saturated heterocycles. The summed E-state index contributed by atoms with van der Waals surface area (Å²) in [7, 11) is 0. The molecule has 0 saturated carbocycles. The third kappa shape index (κ3) is 4.96. The van der Waals surface area contributed by atoms with E-state index in [0.717, 1.165) is 12.0 Å². The number of halogens is 2. The fraction of sp³-hybridized carbons (Fsp3) is 0.455. The minimum absolute atomic E-state index is 0.0454. The molecule has 3 rings (SSSR count). The summed E-state index contributed by atoms with van der Waals surface area (Å²) in [5, 5.41) is 28.8. The number of fused-ring (bicyclic) bond motifs is 1. The van der Waals surface area contributed by atoms with E-state index in [1.165, 1.54) is 11.6 Å². The molecular formula is C22H26F2O6. The third-order valence-corrected chi connectivity index (χ3v) is 5.10. The number of aliphatic hydroxyl groups excluding tert-OH is 2. The van der Waals surface area contributed by atoms with Gasteiger partial charge in [-0.25, -0.2) is 8.78 Å². The Morgan fingerprint density at radius 2 is 1.87 bits per heavy atom. The van der Waals surface area contributed by atoms with E-state index in [4.69, 9.17) is 14.2 Å². The van der Waals surface area contributed by atoms with Gasteiger partial charge in [0.05, 0.1) is 6.61 Å². The summed E-state index contributed by atoms with van der Waals surface area (Å²) in [5.74, 6) is -2.83. The van der Waals surface area contributed by atoms with E-state index >= 15 is 0 Å². The molecule has 1 heterocycles. The molecule has 3 unspecified atom stereocenters. The summed E-state index contributed by atoms with van der Waals surface area (Å²) in [6.07, 6.45) is -5.05. The maximum Gasteiger partial charge on any atom is 0.273 e. The van der Waals surface area contributed by atoms with E-state index in [-0.39, 0.29) is 12.4 Å². The highest BCUT2D eigenvalue weighted by Gasteiger charge is 2.38. The molecule has 0 aromatic heterocycles. The molecule has 164 valence electrons. The number of aryl methyl sites for hydroxylation is 1. The van der Waals surface area contributed by atoms with Crippen molar-refractivity contribution in [2.75, 3.05) is 13.4 Å². The molecule has 3 N–H and O–H groups in total. The van der Waals surface area contributed by atoms with Crippen molar-refractivity contribution in [1.29, 1.82) is 0 Å². The molecule has 0 amide bonds. The van der Waals surface area contributed by atoms with E-state index in [9.17, 15) is 24.1 Å². The zero-order valence-electron chi connectivity index (χ0n) is 16.8. The molecule has 1 aliphatic rings. The number of benzene rings is 2. The fourth-order valence-corrected chi connectivity index (χ4v) is 3.36. The predicted molar refractivity (Wildman–Crippen MR) is 104 cm³/mol. The van der Waals surface area contributed by atoms with Gasteiger partial charge in [-0.1, -0.05) is 37.3 Å². The van der Waals surface area contributed by atoms with Gasteiger partial charge in [-0.15, -0.1) is 0 Å². The number of hydrogen-bond acceptors (Lipinski definition) is 6. The maximum atomic E-state index is 13.7. The number of hydrogen-bond donors (Lipinski definition) is 3. The van der Waals surface area contributed by atoms with Crippen LogP contribution in [0, 0.1) is 0 Å². The minimum atomic E-state index is -3.37. The van der Waals surface area contributed by atoms with E-state index in [1.807, 2.05) is 24.3 Å². The van der Waals surface area contributed by atoms with Gasteiger partial charge in [0.15, 0.2) is 13.1 Å². The van der Waals surface area contributed by atoms with E-state index < -0.39 is 37.1 Å². The smallest absolute Gasteiger partial charge is 0.273 e. The van der Waals surface area contributed by atoms with Crippen molar-refractivity contribution in [3.05, 3.63) is 64.7 Å². The summed E-state index contributed by atoms with van der Waals surface area (Å²) in [6.45, 7) is 1.72. The van der Waals surface area contributed by atoms with Gasteiger partial charge >= 0.3 is 0 Å². The van der Waals surface area contributed by atoms with Crippen LogP contribution in [0.15, 0.2) is 42.5 Å². The lowest BCUT2D eigenvalue weighted by Gasteiger charge is -2.31. The quantitative estimate of drug-likeness (QED) is 0.565. The Labute approximate surface area is 173 Å². The Balaban J connectivity index is 1.95. The first-order valence-electron chi connectivity index (χ1n) is 9.72. The van der Waals surface area contributed by atoms with Crippen LogP contribution in [0.2, 0.25) is 0 Å². The summed E-state index contributed by atoms with van der Waals surface area (Å²) in [4.78, 5) is 0. The lowest BCUT2D eigenvalue weighted by molar-refractivity contribution is -0.219. The lowest BCUT2D eigenvalue weighted by Crippen LogP contribution is -2.39. The van der Waals surface area contributed by atoms with Crippen molar-refractivity contribution in [2.24, 2.45) is 0 Å². The van der Waals surface area contributed by atoms with Crippen LogP contribution in [0.1, 0.15) is 48.3 Å². The standard InChI is InChI=1S/C22H26F2O6/c1-3-13-4-6-14(7-5-13)19-16-10-15(8-9-17(16)28-12-29-19)20(21(26)27)30-18(11-25)22(2,23)24/h4-10,18-21,25-27H,3,11-12H2,1-2H3. The highest BCUT2D eigenvalue weighted by Crippen LogP contribution is 2.39. The van der Waals surface area contributed by atoms with Crippen LogP contribution in [0.4, 0.5) is 8.78 Å². The third-order valence-electron chi connectivity index (χ3n) is 5.10. The monoisotopic (exact) mass is 424 g/mol. The first-order chi connectivity index (χ1) is 14.2. The Morgan fingerprint density at radius 3 is 2.43 bits per heavy atom. The van der Waals surface area contributed by atoms with Gasteiger partial charge in [0.2, 0.25) is 0 Å². The largest absolute Gasteiger partial charge is 0.467 e. The lowest BCUT2D eigenvalue weighted by atomic mass is 9.95. The van der Waals surface area contributed by atoms with Crippen molar-refractivity contribution in [1.82, 2.24) is 0 Å². The molecule has 0 aliphatic carbocycles. The van der Waals surface area contributed by atoms with Crippen LogP contribution in [-0.2, 0) is 15.9 Å². The predicted octanol–water partition coefficient (Wildman–Crippen LogP) is 3.09. The van der Waals surface area contributed by atoms with Gasteiger partial charge in [-0.2, -0.15) is 0 Å². The molecule has 0 fully saturated rings. The summed E-state index contributed by atoms with van der Waals surface area (Å²) in [6, 6.07) is 12.6. The molecule has 0 bridgehead atoms. The highest BCUT2D eigenvalue weighted by atomic mass is 19.3. The number of aliphatic hydroxyl groups is 3. The molecule has 3 atom stereocenters. The summed E-state index contributed by atoms with van der Waals surface area (Å²) < 4.78 is 43.8. The zero-order valence-corrected chi connectivity index (χ0v) is 16.8. The van der Waals surface area contributed by atoms with E-state index in [2.05, 4.69) is 6.92 Å². The summed E-state index contributed by atoms with van der Waals surface area (Å²) in [5.41, 5.74) is 2.91. The second-order valence-electron chi connectivity index (χ2n) is 7.30. The molecule has 2 aromatic carbocycles. The van der Waals surface area contributed by atoms with Crippen LogP contribution in [-0.4, -0.2) is 47.0 Å². The molecule has 1 aliphatic heterocycles. The first kappa shape index (κ1) is 22.6. The molecule has 8 heteroatoms. The molecule has 0 radical (unpaired) electrons. The van der Waals surface area contributed by atoms with Crippen LogP contribution >= 0.6 is 0 Å². The van der Waals surface area contributed by atoms with Gasteiger partial charge in [-0.3, -0.25) is 0 Å². The Hall–Kier alpha value is -2.10. The van der Waals surface area contributed by atoms with E-state index in [0.29, 0.717) is 18.2 Å². The van der Waals surface area contributed by atoms with Crippen LogP contribution in [0.3, 0.4) is 0 Å². The molecule has 2 aromatic rings. The first-order valence-corrected chi connectivity index (χ1v) is 9.72. The molecule has 0 spiro atoms. The van der Waals surface area contributed by atoms with Gasteiger partial charge < -0.3 is 29.5 Å². The second-order valence-corrected chi connectivity index (χ2v) is 7.30. The molecule has 6 nitrogen and oxygen atoms in total. The van der Waals surface area contributed by atoms with Gasteiger partial charge in [0, 0.05) is 12.5 Å².